The average Bonchev–Trinajstić information content (AvgIpc) is 3.20. The summed E-state index contributed by atoms with van der Waals surface area (Å²) in [4.78, 5) is 3.92. The molecular formula is C21H27N6O+. The molecular weight excluding hydrogens is 352 g/mol. The monoisotopic (exact) mass is 379 g/mol. The van der Waals surface area contributed by atoms with Gasteiger partial charge in [-0.05, 0) is 34.5 Å². The quantitative estimate of drug-likeness (QED) is 0.659. The third-order valence-electron chi connectivity index (χ3n) is 5.37. The van der Waals surface area contributed by atoms with Crippen molar-refractivity contribution in [2.75, 3.05) is 38.2 Å². The van der Waals surface area contributed by atoms with Crippen LogP contribution in [0.15, 0.2) is 54.6 Å². The molecule has 4 rings (SSSR count). The molecule has 0 saturated carbocycles. The van der Waals surface area contributed by atoms with Crippen LogP contribution in [0.1, 0.15) is 11.4 Å². The number of methoxy groups -OCH3 is 1. The van der Waals surface area contributed by atoms with Crippen molar-refractivity contribution in [2.24, 2.45) is 0 Å². The smallest absolute Gasteiger partial charge is 0.206 e. The topological polar surface area (TPSA) is 60.5 Å². The van der Waals surface area contributed by atoms with E-state index in [1.54, 1.807) is 7.11 Å². The van der Waals surface area contributed by atoms with Crippen LogP contribution < -0.4 is 14.5 Å². The summed E-state index contributed by atoms with van der Waals surface area (Å²) in [6.45, 7) is 5.80. The van der Waals surface area contributed by atoms with Gasteiger partial charge in [0.2, 0.25) is 5.82 Å². The number of piperazine rings is 1. The maximum absolute atomic E-state index is 5.51. The Kier molecular flexibility index (Phi) is 5.82. The molecule has 1 fully saturated rings. The van der Waals surface area contributed by atoms with Gasteiger partial charge < -0.3 is 14.5 Å². The molecule has 146 valence electrons. The number of hydrogen-bond donors (Lipinski definition) is 1. The Bertz CT molecular complexity index is 873. The Balaban J connectivity index is 1.32. The maximum Gasteiger partial charge on any atom is 0.206 e. The lowest BCUT2D eigenvalue weighted by atomic mass is 10.1. The molecule has 1 aliphatic heterocycles. The zero-order valence-corrected chi connectivity index (χ0v) is 16.3. The van der Waals surface area contributed by atoms with Gasteiger partial charge in [-0.25, -0.2) is 4.68 Å². The summed E-state index contributed by atoms with van der Waals surface area (Å²) in [5, 5.41) is 12.4. The van der Waals surface area contributed by atoms with Crippen LogP contribution in [0, 0.1) is 0 Å². The summed E-state index contributed by atoms with van der Waals surface area (Å²) in [5.74, 6) is 1.91. The SMILES string of the molecule is COc1ccccc1N1CC[NH+](Cc2nnnn2CCc2ccccc2)CC1. The summed E-state index contributed by atoms with van der Waals surface area (Å²) >= 11 is 0. The molecule has 7 heteroatoms. The molecule has 2 heterocycles. The van der Waals surface area contributed by atoms with Crippen LogP contribution in [0.4, 0.5) is 5.69 Å². The number of rotatable bonds is 7. The third-order valence-corrected chi connectivity index (χ3v) is 5.37. The van der Waals surface area contributed by atoms with E-state index in [2.05, 4.69) is 56.8 Å². The fourth-order valence-corrected chi connectivity index (χ4v) is 3.76. The molecule has 0 spiro atoms. The molecule has 2 aromatic carbocycles. The van der Waals surface area contributed by atoms with Crippen molar-refractivity contribution in [1.82, 2.24) is 20.2 Å². The number of aromatic nitrogens is 4. The van der Waals surface area contributed by atoms with E-state index in [1.165, 1.54) is 16.2 Å². The highest BCUT2D eigenvalue weighted by Crippen LogP contribution is 2.27. The summed E-state index contributed by atoms with van der Waals surface area (Å²) in [5.41, 5.74) is 2.48. The first kappa shape index (κ1) is 18.4. The molecule has 1 aliphatic rings. The highest BCUT2D eigenvalue weighted by atomic mass is 16.5. The van der Waals surface area contributed by atoms with Crippen molar-refractivity contribution in [3.05, 3.63) is 66.0 Å². The number of hydrogen-bond acceptors (Lipinski definition) is 5. The lowest BCUT2D eigenvalue weighted by Gasteiger charge is -2.34. The fourth-order valence-electron chi connectivity index (χ4n) is 3.76. The summed E-state index contributed by atoms with van der Waals surface area (Å²) in [6, 6.07) is 18.7. The Labute approximate surface area is 165 Å². The van der Waals surface area contributed by atoms with Gasteiger partial charge in [0.1, 0.15) is 12.3 Å². The van der Waals surface area contributed by atoms with E-state index in [9.17, 15) is 0 Å². The zero-order chi connectivity index (χ0) is 19.2. The van der Waals surface area contributed by atoms with Gasteiger partial charge in [-0.2, -0.15) is 0 Å². The minimum absolute atomic E-state index is 0.812. The summed E-state index contributed by atoms with van der Waals surface area (Å²) in [6.07, 6.45) is 0.940. The largest absolute Gasteiger partial charge is 0.495 e. The molecule has 0 bridgehead atoms. The highest BCUT2D eigenvalue weighted by molar-refractivity contribution is 5.58. The summed E-state index contributed by atoms with van der Waals surface area (Å²) in [7, 11) is 1.73. The first-order valence-corrected chi connectivity index (χ1v) is 9.84. The molecule has 28 heavy (non-hydrogen) atoms. The van der Waals surface area contributed by atoms with E-state index in [0.29, 0.717) is 0 Å². The second-order valence-corrected chi connectivity index (χ2v) is 7.14. The van der Waals surface area contributed by atoms with Crippen molar-refractivity contribution in [3.63, 3.8) is 0 Å². The van der Waals surface area contributed by atoms with E-state index in [4.69, 9.17) is 4.74 Å². The maximum atomic E-state index is 5.51. The average molecular weight is 379 g/mol. The molecule has 0 atom stereocenters. The van der Waals surface area contributed by atoms with Gasteiger partial charge >= 0.3 is 0 Å². The van der Waals surface area contributed by atoms with E-state index in [1.807, 2.05) is 22.9 Å². The zero-order valence-electron chi connectivity index (χ0n) is 16.3. The first-order chi connectivity index (χ1) is 13.8. The Hall–Kier alpha value is -2.93. The van der Waals surface area contributed by atoms with Gasteiger partial charge in [0.05, 0.1) is 39.0 Å². The van der Waals surface area contributed by atoms with Crippen molar-refractivity contribution in [2.45, 2.75) is 19.5 Å². The van der Waals surface area contributed by atoms with E-state index in [0.717, 1.165) is 57.3 Å². The Morgan fingerprint density at radius 1 is 1.00 bits per heavy atom. The number of benzene rings is 2. The van der Waals surface area contributed by atoms with Gasteiger partial charge in [0.15, 0.2) is 0 Å². The van der Waals surface area contributed by atoms with Crippen molar-refractivity contribution < 1.29 is 9.64 Å². The molecule has 3 aromatic rings. The molecule has 0 radical (unpaired) electrons. The van der Waals surface area contributed by atoms with Gasteiger partial charge in [-0.15, -0.1) is 5.10 Å². The molecule has 7 nitrogen and oxygen atoms in total. The number of anilines is 1. The molecule has 1 saturated heterocycles. The summed E-state index contributed by atoms with van der Waals surface area (Å²) < 4.78 is 7.46. The minimum Gasteiger partial charge on any atom is -0.495 e. The Morgan fingerprint density at radius 3 is 2.54 bits per heavy atom. The normalized spacial score (nSPS) is 15.0. The lowest BCUT2D eigenvalue weighted by Crippen LogP contribution is -3.13. The third kappa shape index (κ3) is 4.31. The van der Waals surface area contributed by atoms with Crippen LogP contribution in [-0.4, -0.2) is 53.5 Å². The second kappa shape index (κ2) is 8.84. The number of para-hydroxylation sites is 2. The van der Waals surface area contributed by atoms with Crippen molar-refractivity contribution >= 4 is 5.69 Å². The molecule has 0 unspecified atom stereocenters. The van der Waals surface area contributed by atoms with Crippen LogP contribution in [-0.2, 0) is 19.5 Å². The molecule has 1 N–H and O–H groups in total. The number of ether oxygens (including phenoxy) is 1. The lowest BCUT2D eigenvalue weighted by molar-refractivity contribution is -0.915. The van der Waals surface area contributed by atoms with Crippen LogP contribution in [0.3, 0.4) is 0 Å². The predicted molar refractivity (Wildman–Crippen MR) is 108 cm³/mol. The van der Waals surface area contributed by atoms with E-state index >= 15 is 0 Å². The Morgan fingerprint density at radius 2 is 1.75 bits per heavy atom. The predicted octanol–water partition coefficient (Wildman–Crippen LogP) is 0.830. The van der Waals surface area contributed by atoms with Crippen molar-refractivity contribution in [1.29, 1.82) is 0 Å². The molecule has 0 aliphatic carbocycles. The highest BCUT2D eigenvalue weighted by Gasteiger charge is 2.24. The molecule has 1 aromatic heterocycles. The number of nitrogens with zero attached hydrogens (tertiary/aromatic N) is 5. The van der Waals surface area contributed by atoms with Crippen LogP contribution in [0.2, 0.25) is 0 Å². The van der Waals surface area contributed by atoms with Gasteiger partial charge in [0, 0.05) is 6.54 Å². The number of tetrazole rings is 1. The van der Waals surface area contributed by atoms with Gasteiger partial charge in [0.25, 0.3) is 0 Å². The van der Waals surface area contributed by atoms with Crippen LogP contribution in [0.25, 0.3) is 0 Å². The second-order valence-electron chi connectivity index (χ2n) is 7.14. The standard InChI is InChI=1S/C21H26N6O/c1-28-20-10-6-5-9-19(20)26-15-13-25(14-16-26)17-21-22-23-24-27(21)12-11-18-7-3-2-4-8-18/h2-10H,11-17H2,1H3/p+1. The van der Waals surface area contributed by atoms with Crippen molar-refractivity contribution in [3.8, 4) is 5.75 Å². The number of nitrogens with one attached hydrogen (secondary N) is 1. The number of quaternary nitrogens is 1. The fraction of sp³-hybridized carbons (Fsp3) is 0.381. The van der Waals surface area contributed by atoms with Crippen LogP contribution >= 0.6 is 0 Å². The minimum atomic E-state index is 0.812. The van der Waals surface area contributed by atoms with E-state index in [-0.39, 0.29) is 0 Å². The first-order valence-electron chi connectivity index (χ1n) is 9.84. The van der Waals surface area contributed by atoms with Gasteiger partial charge in [-0.3, -0.25) is 0 Å². The van der Waals surface area contributed by atoms with Crippen LogP contribution in [0.5, 0.6) is 5.75 Å². The van der Waals surface area contributed by atoms with Gasteiger partial charge in [-0.1, -0.05) is 42.5 Å². The van der Waals surface area contributed by atoms with E-state index < -0.39 is 0 Å². The molecule has 0 amide bonds. The number of aryl methyl sites for hydroxylation is 2.